The van der Waals surface area contributed by atoms with Gasteiger partial charge < -0.3 is 0 Å². The molecule has 2 heterocycles. The van der Waals surface area contributed by atoms with E-state index in [2.05, 4.69) is 9.97 Å². The molecule has 0 spiro atoms. The number of halogens is 14. The van der Waals surface area contributed by atoms with Gasteiger partial charge in [-0.1, -0.05) is 0 Å². The van der Waals surface area contributed by atoms with Crippen molar-refractivity contribution >= 4 is 11.1 Å². The highest BCUT2D eigenvalue weighted by Gasteiger charge is 2.40. The van der Waals surface area contributed by atoms with Gasteiger partial charge in [0.25, 0.3) is 0 Å². The maximum Gasteiger partial charge on any atom is 0.433 e. The average molecular weight is 622 g/mol. The number of hydrogen-bond acceptors (Lipinski definition) is 2. The third-order valence-electron chi connectivity index (χ3n) is 6.28. The Kier molecular flexibility index (Phi) is 8.22. The Morgan fingerprint density at radius 1 is 0.476 bits per heavy atom. The summed E-state index contributed by atoms with van der Waals surface area (Å²) < 4.78 is 191. The summed E-state index contributed by atoms with van der Waals surface area (Å²) in [5, 5.41) is -1.54. The lowest BCUT2D eigenvalue weighted by atomic mass is 9.94. The van der Waals surface area contributed by atoms with Gasteiger partial charge in [0.1, 0.15) is 34.4 Å². The van der Waals surface area contributed by atoms with Crippen molar-refractivity contribution < 1.29 is 61.5 Å². The predicted molar refractivity (Wildman–Crippen MR) is 120 cm³/mol. The van der Waals surface area contributed by atoms with E-state index < -0.39 is 103 Å². The summed E-state index contributed by atoms with van der Waals surface area (Å²) in [7, 11) is 0. The standard InChI is InChI=1S/C26H16F14N2/c1-9(13-5-15(23(29,30)31)41-16(6-13)24(32,33)34)19-11(3)22(28)20(12(4)21(19)27)10(2)14-7-17(25(35,36)37)42-18(8-14)26(38,39)40/h5-8H,1-4H3/b19-9-,20-10-. The summed E-state index contributed by atoms with van der Waals surface area (Å²) in [6.07, 6.45) is -21.4. The highest BCUT2D eigenvalue weighted by Crippen LogP contribution is 2.36. The van der Waals surface area contributed by atoms with Crippen LogP contribution >= 0.6 is 0 Å². The summed E-state index contributed by atoms with van der Waals surface area (Å²) in [5.41, 5.74) is -12.1. The van der Waals surface area contributed by atoms with E-state index in [1.54, 1.807) is 0 Å². The van der Waals surface area contributed by atoms with Crippen molar-refractivity contribution in [2.45, 2.75) is 52.4 Å². The molecule has 2 nitrogen and oxygen atoms in total. The second kappa shape index (κ2) is 10.5. The highest BCUT2D eigenvalue weighted by molar-refractivity contribution is 5.69. The number of aromatic nitrogens is 2. The molecular formula is C26H16F14N2. The lowest BCUT2D eigenvalue weighted by Crippen LogP contribution is -2.30. The number of rotatable bonds is 2. The molecule has 0 saturated heterocycles. The molecule has 0 fully saturated rings. The van der Waals surface area contributed by atoms with Gasteiger partial charge in [0.2, 0.25) is 0 Å². The fourth-order valence-corrected chi connectivity index (χ4v) is 4.18. The number of pyridine rings is 2. The van der Waals surface area contributed by atoms with Crippen molar-refractivity contribution in [1.29, 1.82) is 0 Å². The van der Waals surface area contributed by atoms with Crippen LogP contribution in [-0.4, -0.2) is 9.97 Å². The Morgan fingerprint density at radius 2 is 0.690 bits per heavy atom. The van der Waals surface area contributed by atoms with E-state index in [9.17, 15) is 52.7 Å². The molecule has 42 heavy (non-hydrogen) atoms. The zero-order valence-corrected chi connectivity index (χ0v) is 21.5. The Bertz CT molecular complexity index is 1450. The molecular weight excluding hydrogens is 606 g/mol. The number of alkyl halides is 12. The molecule has 16 heteroatoms. The topological polar surface area (TPSA) is 25.8 Å². The van der Waals surface area contributed by atoms with Crippen LogP contribution in [0.2, 0.25) is 0 Å². The summed E-state index contributed by atoms with van der Waals surface area (Å²) in [6, 6.07) is 0.763. The predicted octanol–water partition coefficient (Wildman–Crippen LogP) is 7.88. The van der Waals surface area contributed by atoms with Crippen molar-refractivity contribution in [2.24, 2.45) is 0 Å². The summed E-state index contributed by atoms with van der Waals surface area (Å²) in [4.78, 5) is 5.10. The molecule has 0 saturated carbocycles. The third kappa shape index (κ3) is 6.36. The first kappa shape index (κ1) is 32.8. The molecule has 0 aliphatic carbocycles. The van der Waals surface area contributed by atoms with E-state index in [0.29, 0.717) is 0 Å². The van der Waals surface area contributed by atoms with E-state index in [1.807, 2.05) is 0 Å². The first-order valence-electron chi connectivity index (χ1n) is 11.3. The van der Waals surface area contributed by atoms with Gasteiger partial charge in [0, 0.05) is 10.4 Å². The van der Waals surface area contributed by atoms with Crippen LogP contribution in [0.15, 0.2) is 24.3 Å². The normalized spacial score (nSPS) is 14.7. The van der Waals surface area contributed by atoms with E-state index >= 15 is 8.78 Å². The summed E-state index contributed by atoms with van der Waals surface area (Å²) >= 11 is 0. The molecule has 0 atom stereocenters. The zero-order chi connectivity index (χ0) is 32.3. The highest BCUT2D eigenvalue weighted by atomic mass is 19.4. The van der Waals surface area contributed by atoms with E-state index in [4.69, 9.17) is 0 Å². The van der Waals surface area contributed by atoms with Gasteiger partial charge in [-0.05, 0) is 85.4 Å². The van der Waals surface area contributed by atoms with Crippen LogP contribution in [0.25, 0.3) is 11.1 Å². The molecule has 0 radical (unpaired) electrons. The Balaban J connectivity index is 2.47. The third-order valence-corrected chi connectivity index (χ3v) is 6.28. The van der Waals surface area contributed by atoms with Gasteiger partial charge in [0.15, 0.2) is 0 Å². The fraction of sp³-hybridized carbons (Fsp3) is 0.308. The maximum atomic E-state index is 15.7. The van der Waals surface area contributed by atoms with Crippen molar-refractivity contribution in [1.82, 2.24) is 9.97 Å². The van der Waals surface area contributed by atoms with Crippen LogP contribution in [0.3, 0.4) is 0 Å². The first-order valence-corrected chi connectivity index (χ1v) is 11.3. The minimum Gasteiger partial charge on any atom is -0.239 e. The monoisotopic (exact) mass is 622 g/mol. The molecule has 0 aliphatic rings. The molecule has 1 aromatic carbocycles. The molecule has 0 N–H and O–H groups in total. The van der Waals surface area contributed by atoms with Crippen molar-refractivity contribution in [3.63, 3.8) is 0 Å². The number of hydrogen-bond donors (Lipinski definition) is 0. The zero-order valence-electron chi connectivity index (χ0n) is 21.5. The van der Waals surface area contributed by atoms with E-state index in [0.717, 1.165) is 27.7 Å². The van der Waals surface area contributed by atoms with Gasteiger partial charge in [-0.3, -0.25) is 0 Å². The van der Waals surface area contributed by atoms with Gasteiger partial charge in [0.05, 0.1) is 0 Å². The van der Waals surface area contributed by atoms with Gasteiger partial charge in [-0.25, -0.2) is 18.7 Å². The van der Waals surface area contributed by atoms with Crippen LogP contribution in [0.1, 0.15) is 58.9 Å². The molecule has 228 valence electrons. The van der Waals surface area contributed by atoms with Crippen LogP contribution in [0, 0.1) is 25.5 Å². The van der Waals surface area contributed by atoms with Crippen molar-refractivity contribution in [2.75, 3.05) is 0 Å². The summed E-state index contributed by atoms with van der Waals surface area (Å²) in [5.74, 6) is -2.78. The van der Waals surface area contributed by atoms with E-state index in [1.165, 1.54) is 0 Å². The Labute approximate surface area is 227 Å². The second-order valence-electron chi connectivity index (χ2n) is 9.12. The average Bonchev–Trinajstić information content (AvgIpc) is 2.85. The molecule has 0 amide bonds. The van der Waals surface area contributed by atoms with Crippen LogP contribution in [-0.2, 0) is 24.7 Å². The van der Waals surface area contributed by atoms with Crippen LogP contribution in [0.5, 0.6) is 0 Å². The van der Waals surface area contributed by atoms with Crippen LogP contribution in [0.4, 0.5) is 61.5 Å². The lowest BCUT2D eigenvalue weighted by molar-refractivity contribution is -0.151. The molecule has 0 unspecified atom stereocenters. The van der Waals surface area contributed by atoms with Gasteiger partial charge >= 0.3 is 24.7 Å². The Hall–Kier alpha value is -3.72. The van der Waals surface area contributed by atoms with Crippen LogP contribution < -0.4 is 10.4 Å². The minimum absolute atomic E-state index is 0.191. The van der Waals surface area contributed by atoms with E-state index in [-0.39, 0.29) is 24.3 Å². The van der Waals surface area contributed by atoms with Gasteiger partial charge in [-0.15, -0.1) is 0 Å². The first-order chi connectivity index (χ1) is 18.9. The molecule has 2 aromatic heterocycles. The van der Waals surface area contributed by atoms with Crippen molar-refractivity contribution in [3.8, 4) is 0 Å². The van der Waals surface area contributed by atoms with Crippen molar-refractivity contribution in [3.05, 3.63) is 91.4 Å². The SMILES string of the molecule is C/C(c1cc(C(F)(F)F)nc(C(F)(F)F)c1)=c1\c(C)c(F)/c(=C(/C)c2cc(C(F)(F)F)nc(C(F)(F)F)c2)c(C)c1F. The maximum absolute atomic E-state index is 15.7. The lowest BCUT2D eigenvalue weighted by Gasteiger charge is -2.16. The largest absolute Gasteiger partial charge is 0.433 e. The van der Waals surface area contributed by atoms with Gasteiger partial charge in [-0.2, -0.15) is 52.7 Å². The summed E-state index contributed by atoms with van der Waals surface area (Å²) in [6.45, 7) is 3.59. The fourth-order valence-electron chi connectivity index (χ4n) is 4.18. The molecule has 3 rings (SSSR count). The minimum atomic E-state index is -5.35. The quantitative estimate of drug-likeness (QED) is 0.272. The molecule has 3 aromatic rings. The smallest absolute Gasteiger partial charge is 0.239 e. The number of nitrogens with zero attached hydrogens (tertiary/aromatic N) is 2. The molecule has 0 bridgehead atoms. The molecule has 0 aliphatic heterocycles. The second-order valence-corrected chi connectivity index (χ2v) is 9.12. The number of benzene rings is 1. The Morgan fingerprint density at radius 3 is 0.881 bits per heavy atom.